The molecule has 26 heavy (non-hydrogen) atoms. The summed E-state index contributed by atoms with van der Waals surface area (Å²) in [4.78, 5) is 15.9. The van der Waals surface area contributed by atoms with Gasteiger partial charge in [-0.1, -0.05) is 29.8 Å². The van der Waals surface area contributed by atoms with Crippen molar-refractivity contribution in [1.82, 2.24) is 14.8 Å². The van der Waals surface area contributed by atoms with Gasteiger partial charge in [0.15, 0.2) is 11.6 Å². The number of rotatable bonds is 3. The largest absolute Gasteiger partial charge is 0.280 e. The molecule has 1 aromatic heterocycles. The van der Waals surface area contributed by atoms with Gasteiger partial charge in [0.1, 0.15) is 12.1 Å². The molecule has 0 unspecified atom stereocenters. The van der Waals surface area contributed by atoms with Gasteiger partial charge < -0.3 is 0 Å². The Morgan fingerprint density at radius 1 is 1.19 bits per heavy atom. The van der Waals surface area contributed by atoms with E-state index in [9.17, 15) is 10.1 Å². The Morgan fingerprint density at radius 2 is 2.00 bits per heavy atom. The lowest BCUT2D eigenvalue weighted by Crippen LogP contribution is -2.11. The summed E-state index contributed by atoms with van der Waals surface area (Å²) in [5, 5.41) is 20.4. The number of halogens is 2. The van der Waals surface area contributed by atoms with E-state index in [2.05, 4.69) is 15.2 Å². The molecule has 0 aliphatic carbocycles. The third-order valence-corrected chi connectivity index (χ3v) is 4.56. The molecular formula is C17H11Cl2N5O2. The highest BCUT2D eigenvalue weighted by Gasteiger charge is 2.29. The second kappa shape index (κ2) is 6.51. The van der Waals surface area contributed by atoms with Gasteiger partial charge in [-0.2, -0.15) is 0 Å². The van der Waals surface area contributed by atoms with Gasteiger partial charge in [-0.25, -0.2) is 0 Å². The molecule has 7 nitrogen and oxygen atoms in total. The molecule has 1 aliphatic rings. The molecule has 0 radical (unpaired) electrons. The lowest BCUT2D eigenvalue weighted by molar-refractivity contribution is -0.385. The standard InChI is InChI=1S/C17H11Cl2N5O2/c18-8-14-21-22-15-9-20-17(10-3-1-4-11(19)7-10)16-12(23(14)15)5-2-6-13(16)24(25)26/h1-7H,8-9H2. The lowest BCUT2D eigenvalue weighted by Gasteiger charge is -2.13. The fourth-order valence-electron chi connectivity index (χ4n) is 3.03. The minimum Gasteiger partial charge on any atom is -0.279 e. The van der Waals surface area contributed by atoms with Crippen LogP contribution in [0.1, 0.15) is 22.8 Å². The van der Waals surface area contributed by atoms with Crippen LogP contribution in [0.3, 0.4) is 0 Å². The number of aliphatic imine (C=N–C) groups is 1. The van der Waals surface area contributed by atoms with Crippen molar-refractivity contribution in [1.29, 1.82) is 0 Å². The van der Waals surface area contributed by atoms with Crippen molar-refractivity contribution in [2.75, 3.05) is 0 Å². The fraction of sp³-hybridized carbons (Fsp3) is 0.118. The Labute approximate surface area is 158 Å². The van der Waals surface area contributed by atoms with Crippen LogP contribution in [0.15, 0.2) is 47.5 Å². The summed E-state index contributed by atoms with van der Waals surface area (Å²) in [5.41, 5.74) is 2.10. The maximum Gasteiger partial charge on any atom is 0.280 e. The van der Waals surface area contributed by atoms with E-state index >= 15 is 0 Å². The summed E-state index contributed by atoms with van der Waals surface area (Å²) in [6.07, 6.45) is 0. The second-order valence-corrected chi connectivity index (χ2v) is 6.31. The molecule has 0 amide bonds. The number of nitro benzene ring substituents is 1. The van der Waals surface area contributed by atoms with Crippen molar-refractivity contribution >= 4 is 34.6 Å². The Bertz CT molecular complexity index is 1060. The summed E-state index contributed by atoms with van der Waals surface area (Å²) in [6.45, 7) is 0.220. The van der Waals surface area contributed by atoms with Gasteiger partial charge in [0.25, 0.3) is 5.69 Å². The Hall–Kier alpha value is -2.77. The molecule has 9 heteroatoms. The smallest absolute Gasteiger partial charge is 0.279 e. The Balaban J connectivity index is 2.06. The van der Waals surface area contributed by atoms with Crippen LogP contribution in [0, 0.1) is 10.1 Å². The first kappa shape index (κ1) is 16.7. The van der Waals surface area contributed by atoms with Crippen LogP contribution in [0.25, 0.3) is 5.69 Å². The second-order valence-electron chi connectivity index (χ2n) is 5.61. The highest BCUT2D eigenvalue weighted by Crippen LogP contribution is 2.33. The van der Waals surface area contributed by atoms with E-state index in [1.54, 1.807) is 34.9 Å². The molecule has 0 saturated heterocycles. The monoisotopic (exact) mass is 387 g/mol. The first-order valence-corrected chi connectivity index (χ1v) is 8.59. The zero-order valence-corrected chi connectivity index (χ0v) is 14.8. The average Bonchev–Trinajstić information content (AvgIpc) is 2.97. The molecule has 1 aliphatic heterocycles. The van der Waals surface area contributed by atoms with Crippen LogP contribution >= 0.6 is 23.2 Å². The van der Waals surface area contributed by atoms with E-state index in [1.807, 2.05) is 6.07 Å². The molecule has 130 valence electrons. The van der Waals surface area contributed by atoms with Crippen molar-refractivity contribution in [2.24, 2.45) is 4.99 Å². The number of hydrogen-bond acceptors (Lipinski definition) is 5. The summed E-state index contributed by atoms with van der Waals surface area (Å²) >= 11 is 12.1. The first-order chi connectivity index (χ1) is 12.6. The summed E-state index contributed by atoms with van der Waals surface area (Å²) < 4.78 is 1.73. The van der Waals surface area contributed by atoms with Crippen LogP contribution in [0.5, 0.6) is 0 Å². The van der Waals surface area contributed by atoms with Crippen molar-refractivity contribution in [3.05, 3.63) is 80.4 Å². The molecule has 2 heterocycles. The SMILES string of the molecule is O=[N+]([O-])c1cccc2c1C(c1cccc(Cl)c1)=NCc1nnc(CCl)n1-2. The van der Waals surface area contributed by atoms with Gasteiger partial charge in [-0.3, -0.25) is 19.7 Å². The van der Waals surface area contributed by atoms with Gasteiger partial charge in [0.2, 0.25) is 0 Å². The van der Waals surface area contributed by atoms with E-state index in [0.717, 1.165) is 0 Å². The quantitative estimate of drug-likeness (QED) is 0.387. The third-order valence-electron chi connectivity index (χ3n) is 4.09. The van der Waals surface area contributed by atoms with Gasteiger partial charge in [-0.05, 0) is 18.2 Å². The van der Waals surface area contributed by atoms with Crippen LogP contribution < -0.4 is 0 Å². The molecule has 0 spiro atoms. The molecule has 0 fully saturated rings. The maximum atomic E-state index is 11.7. The minimum absolute atomic E-state index is 0.0525. The van der Waals surface area contributed by atoms with E-state index in [4.69, 9.17) is 23.2 Å². The van der Waals surface area contributed by atoms with Crippen molar-refractivity contribution < 1.29 is 4.92 Å². The number of benzene rings is 2. The zero-order chi connectivity index (χ0) is 18.3. The molecule has 0 atom stereocenters. The highest BCUT2D eigenvalue weighted by molar-refractivity contribution is 6.31. The van der Waals surface area contributed by atoms with E-state index in [1.165, 1.54) is 6.07 Å². The average molecular weight is 388 g/mol. The molecule has 2 aromatic carbocycles. The Morgan fingerprint density at radius 3 is 2.73 bits per heavy atom. The number of aromatic nitrogens is 3. The van der Waals surface area contributed by atoms with Gasteiger partial charge >= 0.3 is 0 Å². The topological polar surface area (TPSA) is 86.2 Å². The van der Waals surface area contributed by atoms with E-state index < -0.39 is 4.92 Å². The van der Waals surface area contributed by atoms with Gasteiger partial charge in [0.05, 0.1) is 22.2 Å². The maximum absolute atomic E-state index is 11.7. The number of hydrogen-bond donors (Lipinski definition) is 0. The normalized spacial score (nSPS) is 12.8. The van der Waals surface area contributed by atoms with Crippen molar-refractivity contribution in [3.8, 4) is 5.69 Å². The lowest BCUT2D eigenvalue weighted by atomic mass is 9.98. The molecule has 0 bridgehead atoms. The molecular weight excluding hydrogens is 377 g/mol. The predicted octanol–water partition coefficient (Wildman–Crippen LogP) is 3.92. The van der Waals surface area contributed by atoms with E-state index in [0.29, 0.717) is 39.2 Å². The molecule has 3 aromatic rings. The van der Waals surface area contributed by atoms with Gasteiger partial charge in [0, 0.05) is 16.7 Å². The third kappa shape index (κ3) is 2.65. The number of fused-ring (bicyclic) bond motifs is 3. The minimum atomic E-state index is -0.422. The highest BCUT2D eigenvalue weighted by atomic mass is 35.5. The van der Waals surface area contributed by atoms with Crippen LogP contribution in [0.2, 0.25) is 5.02 Å². The van der Waals surface area contributed by atoms with Crippen molar-refractivity contribution in [3.63, 3.8) is 0 Å². The number of alkyl halides is 1. The summed E-state index contributed by atoms with van der Waals surface area (Å²) in [7, 11) is 0. The van der Waals surface area contributed by atoms with Crippen LogP contribution in [-0.2, 0) is 12.4 Å². The summed E-state index contributed by atoms with van der Waals surface area (Å²) in [6, 6.07) is 11.9. The molecule has 0 saturated carbocycles. The summed E-state index contributed by atoms with van der Waals surface area (Å²) in [5.74, 6) is 1.20. The van der Waals surface area contributed by atoms with Crippen LogP contribution in [-0.4, -0.2) is 25.4 Å². The van der Waals surface area contributed by atoms with Crippen molar-refractivity contribution in [2.45, 2.75) is 12.4 Å². The first-order valence-electron chi connectivity index (χ1n) is 7.68. The number of nitrogens with zero attached hydrogens (tertiary/aromatic N) is 5. The molecule has 4 rings (SSSR count). The number of nitro groups is 1. The Kier molecular flexibility index (Phi) is 4.18. The zero-order valence-electron chi connectivity index (χ0n) is 13.3. The predicted molar refractivity (Wildman–Crippen MR) is 98.4 cm³/mol. The van der Waals surface area contributed by atoms with Crippen LogP contribution in [0.4, 0.5) is 5.69 Å². The van der Waals surface area contributed by atoms with Gasteiger partial charge in [-0.15, -0.1) is 21.8 Å². The molecule has 0 N–H and O–H groups in total. The fourth-order valence-corrected chi connectivity index (χ4v) is 3.39. The van der Waals surface area contributed by atoms with E-state index in [-0.39, 0.29) is 18.1 Å².